The molecule has 3 aromatic rings. The first-order chi connectivity index (χ1) is 29.7. The van der Waals surface area contributed by atoms with E-state index in [1.807, 2.05) is 12.1 Å². The first kappa shape index (κ1) is 43.7. The summed E-state index contributed by atoms with van der Waals surface area (Å²) in [6.07, 6.45) is 3.51. The van der Waals surface area contributed by atoms with Crippen molar-refractivity contribution in [3.05, 3.63) is 89.0 Å². The second-order valence-corrected chi connectivity index (χ2v) is 19.5. The van der Waals surface area contributed by atoms with E-state index in [9.17, 15) is 39.0 Å². The minimum absolute atomic E-state index is 0.150. The molecule has 17 heteroatoms. The third kappa shape index (κ3) is 6.48. The number of carboxylic acid groups (broad SMARTS) is 2. The first-order valence-corrected chi connectivity index (χ1v) is 21.7. The van der Waals surface area contributed by atoms with E-state index in [1.54, 1.807) is 38.4 Å². The molecule has 8 N–H and O–H groups in total. The summed E-state index contributed by atoms with van der Waals surface area (Å²) in [5.41, 5.74) is 9.52. The average Bonchev–Trinajstić information content (AvgIpc) is 3.98. The molecule has 5 aliphatic heterocycles. The summed E-state index contributed by atoms with van der Waals surface area (Å²) in [5, 5.41) is 24.4. The molecule has 17 nitrogen and oxygen atoms in total. The second-order valence-electron chi connectivity index (χ2n) is 19.5. The maximum atomic E-state index is 14.8. The summed E-state index contributed by atoms with van der Waals surface area (Å²) in [5.74, 6) is -2.93. The maximum Gasteiger partial charge on any atom is 0.411 e. The molecule has 0 spiro atoms. The number of nitrogens with one attached hydrogen (secondary N) is 2. The Morgan fingerprint density at radius 2 is 1.06 bits per heavy atom. The zero-order chi connectivity index (χ0) is 45.4. The van der Waals surface area contributed by atoms with Crippen molar-refractivity contribution in [2.75, 3.05) is 18.0 Å². The molecule has 4 bridgehead atoms. The molecule has 4 unspecified atom stereocenters. The molecule has 334 valence electrons. The van der Waals surface area contributed by atoms with Crippen molar-refractivity contribution in [3.63, 3.8) is 0 Å². The molecule has 2 aromatic heterocycles. The number of benzene rings is 1. The molecule has 7 heterocycles. The van der Waals surface area contributed by atoms with E-state index in [0.717, 1.165) is 11.3 Å². The molecule has 3 fully saturated rings. The quantitative estimate of drug-likeness (QED) is 0.161. The fourth-order valence-electron chi connectivity index (χ4n) is 12.7. The van der Waals surface area contributed by atoms with E-state index < -0.39 is 57.7 Å². The summed E-state index contributed by atoms with van der Waals surface area (Å²) < 4.78 is 0. The van der Waals surface area contributed by atoms with E-state index >= 15 is 0 Å². The number of hydrogen-bond acceptors (Lipinski definition) is 11. The Balaban J connectivity index is 1.29. The molecule has 6 amide bonds. The second kappa shape index (κ2) is 15.4. The van der Waals surface area contributed by atoms with Gasteiger partial charge in [0, 0.05) is 79.0 Å². The number of rotatable bonds is 11. The van der Waals surface area contributed by atoms with Gasteiger partial charge in [-0.05, 0) is 84.9 Å². The number of carbonyl (C=O) groups excluding carboxylic acids is 4. The van der Waals surface area contributed by atoms with Crippen molar-refractivity contribution >= 4 is 41.5 Å². The van der Waals surface area contributed by atoms with Crippen molar-refractivity contribution in [3.8, 4) is 0 Å². The van der Waals surface area contributed by atoms with Gasteiger partial charge in [0.15, 0.2) is 11.1 Å². The number of hydrogen-bond donors (Lipinski definition) is 6. The summed E-state index contributed by atoms with van der Waals surface area (Å²) in [7, 11) is 0. The van der Waals surface area contributed by atoms with Crippen molar-refractivity contribution in [1.29, 1.82) is 0 Å². The topological polar surface area (TPSA) is 254 Å². The van der Waals surface area contributed by atoms with Gasteiger partial charge in [0.2, 0.25) is 11.8 Å². The number of amides is 6. The molecule has 63 heavy (non-hydrogen) atoms. The number of carbonyl (C=O) groups is 6. The number of likely N-dealkylation sites (tertiary alicyclic amines) is 2. The Labute approximate surface area is 366 Å². The molecular weight excluding hydrogens is 807 g/mol. The summed E-state index contributed by atoms with van der Waals surface area (Å²) in [4.78, 5) is 96.2. The van der Waals surface area contributed by atoms with Gasteiger partial charge in [0.05, 0.1) is 11.4 Å². The number of nitrogens with two attached hydrogens (primary N) is 2. The van der Waals surface area contributed by atoms with Crippen molar-refractivity contribution in [2.45, 2.75) is 137 Å². The van der Waals surface area contributed by atoms with Gasteiger partial charge in [-0.15, -0.1) is 0 Å². The van der Waals surface area contributed by atoms with Gasteiger partial charge in [0.1, 0.15) is 0 Å². The largest absolute Gasteiger partial charge is 0.465 e. The lowest BCUT2D eigenvalue weighted by Crippen LogP contribution is -2.72. The van der Waals surface area contributed by atoms with E-state index in [4.69, 9.17) is 21.4 Å². The Morgan fingerprint density at radius 1 is 0.651 bits per heavy atom. The zero-order valence-corrected chi connectivity index (χ0v) is 36.4. The highest BCUT2D eigenvalue weighted by Gasteiger charge is 2.68. The smallest absolute Gasteiger partial charge is 0.411 e. The predicted octanol–water partition coefficient (Wildman–Crippen LogP) is 3.71. The number of fused-ring (bicyclic) bond motifs is 6. The van der Waals surface area contributed by atoms with E-state index in [0.29, 0.717) is 74.1 Å². The summed E-state index contributed by atoms with van der Waals surface area (Å²) >= 11 is 0. The molecule has 7 aliphatic rings. The van der Waals surface area contributed by atoms with Crippen LogP contribution in [0.1, 0.15) is 114 Å². The van der Waals surface area contributed by atoms with E-state index in [2.05, 4.69) is 70.4 Å². The minimum Gasteiger partial charge on any atom is -0.465 e. The van der Waals surface area contributed by atoms with Gasteiger partial charge >= 0.3 is 12.2 Å². The summed E-state index contributed by atoms with van der Waals surface area (Å²) in [6, 6.07) is 14.2. The number of pyridine rings is 2. The van der Waals surface area contributed by atoms with Gasteiger partial charge < -0.3 is 26.6 Å². The predicted molar refractivity (Wildman–Crippen MR) is 230 cm³/mol. The van der Waals surface area contributed by atoms with E-state index in [-0.39, 0.29) is 42.4 Å². The van der Waals surface area contributed by atoms with Crippen LogP contribution in [0, 0.1) is 0 Å². The van der Waals surface area contributed by atoms with Gasteiger partial charge in [-0.1, -0.05) is 58.9 Å². The molecule has 8 atom stereocenters. The molecule has 10 rings (SSSR count). The monoisotopic (exact) mass is 863 g/mol. The molecule has 3 saturated heterocycles. The molecule has 0 saturated carbocycles. The average molecular weight is 864 g/mol. The lowest BCUT2D eigenvalue weighted by molar-refractivity contribution is -0.145. The molecule has 1 aromatic carbocycles. The standard InChI is InChI=1S/C46H57N9O8/c1-42(2,3)26-10-14-29(15-11-26)55-32(30-8-6-20-53(30)45(38(58)51-40(60)61)34-18-12-27(24-49-34)43(45,4)22-36(47)56)16-17-33(55)31-9-7-21-54(31)46(39(59)52-41(62)63)35-19-13-28(25-50-35)44(46,5)23-37(48)57/h10-15,18-19,24-25,30-33H,6-9,16-17,20-23H2,1-5H3,(H2,47,56)(H2,48,57)(H,51,58)(H,52,59)(H,60,61)(H,62,63)/t30?,31?,32-,33-,43?,44?,45-,46-/m0/s1. The van der Waals surface area contributed by atoms with Crippen molar-refractivity contribution in [1.82, 2.24) is 30.4 Å². The lowest BCUT2D eigenvalue weighted by atomic mass is 9.58. The highest BCUT2D eigenvalue weighted by molar-refractivity contribution is 6.01. The van der Waals surface area contributed by atoms with Crippen LogP contribution in [-0.4, -0.2) is 103 Å². The number of nitrogens with zero attached hydrogens (tertiary/aromatic N) is 5. The SMILES string of the molecule is CC(C)(C)c1ccc(N2[C@H](C3CCCN3[C@]3(C(=O)NC(=O)O)c4ccc(cn4)C3(C)CC(N)=O)CC[C@H]2C2CCCN2[C@]2(C(=O)NC(=O)O)c3ccc(cn3)C2(C)CC(N)=O)cc1. The fraction of sp³-hybridized carbons (Fsp3) is 0.522. The van der Waals surface area contributed by atoms with Crippen LogP contribution in [-0.2, 0) is 46.5 Å². The molecule has 0 radical (unpaired) electrons. The van der Waals surface area contributed by atoms with Gasteiger partial charge in [-0.3, -0.25) is 49.6 Å². The maximum absolute atomic E-state index is 14.8. The van der Waals surface area contributed by atoms with Gasteiger partial charge in [-0.25, -0.2) is 9.59 Å². The van der Waals surface area contributed by atoms with Crippen LogP contribution in [0.3, 0.4) is 0 Å². The number of anilines is 1. The van der Waals surface area contributed by atoms with Crippen LogP contribution < -0.4 is 27.0 Å². The van der Waals surface area contributed by atoms with Crippen molar-refractivity contribution in [2.24, 2.45) is 11.5 Å². The molecule has 2 aliphatic carbocycles. The van der Waals surface area contributed by atoms with Gasteiger partial charge in [-0.2, -0.15) is 0 Å². The highest BCUT2D eigenvalue weighted by Crippen LogP contribution is 2.58. The van der Waals surface area contributed by atoms with Crippen LogP contribution in [0.4, 0.5) is 15.3 Å². The van der Waals surface area contributed by atoms with Crippen LogP contribution >= 0.6 is 0 Å². The van der Waals surface area contributed by atoms with Crippen LogP contribution in [0.25, 0.3) is 0 Å². The van der Waals surface area contributed by atoms with Gasteiger partial charge in [0.25, 0.3) is 11.8 Å². The Bertz CT molecular complexity index is 2220. The third-order valence-corrected chi connectivity index (χ3v) is 15.1. The number of aromatic nitrogens is 2. The first-order valence-electron chi connectivity index (χ1n) is 21.7. The molecular formula is C46H57N9O8. The normalized spacial score (nSPS) is 31.3. The van der Waals surface area contributed by atoms with E-state index in [1.165, 1.54) is 0 Å². The number of imide groups is 2. The summed E-state index contributed by atoms with van der Waals surface area (Å²) in [6.45, 7) is 10.8. The van der Waals surface area contributed by atoms with Crippen molar-refractivity contribution < 1.29 is 39.0 Å². The zero-order valence-electron chi connectivity index (χ0n) is 36.4. The van der Waals surface area contributed by atoms with Crippen LogP contribution in [0.5, 0.6) is 0 Å². The lowest BCUT2D eigenvalue weighted by Gasteiger charge is -2.57. The minimum atomic E-state index is -1.73. The Morgan fingerprint density at radius 3 is 1.40 bits per heavy atom. The third-order valence-electron chi connectivity index (χ3n) is 15.1. The highest BCUT2D eigenvalue weighted by atomic mass is 16.4. The Kier molecular flexibility index (Phi) is 10.7. The fourth-order valence-corrected chi connectivity index (χ4v) is 12.7. The number of primary amides is 2. The van der Waals surface area contributed by atoms with Crippen LogP contribution in [0.2, 0.25) is 0 Å². The Hall–Kier alpha value is -5.94. The van der Waals surface area contributed by atoms with Crippen LogP contribution in [0.15, 0.2) is 60.9 Å².